The molecule has 9 nitrogen and oxygen atoms in total. The topological polar surface area (TPSA) is 102 Å². The lowest BCUT2D eigenvalue weighted by molar-refractivity contribution is -0.134. The van der Waals surface area contributed by atoms with Crippen molar-refractivity contribution in [3.05, 3.63) is 78.1 Å². The number of hydrogen-bond donors (Lipinski definition) is 2. The maximum Gasteiger partial charge on any atom is 0.271 e. The number of piperidine rings is 1. The van der Waals surface area contributed by atoms with E-state index in [9.17, 15) is 14.4 Å². The van der Waals surface area contributed by atoms with E-state index in [4.69, 9.17) is 9.47 Å². The van der Waals surface area contributed by atoms with Crippen LogP contribution < -0.4 is 20.3 Å². The summed E-state index contributed by atoms with van der Waals surface area (Å²) in [4.78, 5) is 39.8. The lowest BCUT2D eigenvalue weighted by Crippen LogP contribution is -2.42. The number of aromatic nitrogens is 1. The van der Waals surface area contributed by atoms with Gasteiger partial charge in [-0.1, -0.05) is 12.1 Å². The number of benzene rings is 2. The van der Waals surface area contributed by atoms with E-state index in [1.165, 1.54) is 6.07 Å². The van der Waals surface area contributed by atoms with Gasteiger partial charge >= 0.3 is 0 Å². The molecule has 36 heavy (non-hydrogen) atoms. The molecule has 2 heterocycles. The molecule has 2 N–H and O–H groups in total. The summed E-state index contributed by atoms with van der Waals surface area (Å²) in [6, 6.07) is 15.5. The summed E-state index contributed by atoms with van der Waals surface area (Å²) in [5.74, 6) is -0.307. The van der Waals surface area contributed by atoms with Gasteiger partial charge in [-0.3, -0.25) is 25.2 Å². The zero-order valence-electron chi connectivity index (χ0n) is 20.2. The molecule has 0 radical (unpaired) electrons. The zero-order chi connectivity index (χ0) is 25.3. The number of rotatable bonds is 8. The fourth-order valence-electron chi connectivity index (χ4n) is 4.05. The highest BCUT2D eigenvalue weighted by Gasteiger charge is 2.19. The van der Waals surface area contributed by atoms with Crippen molar-refractivity contribution in [2.75, 3.05) is 26.3 Å². The Kier molecular flexibility index (Phi) is 8.23. The average molecular weight is 491 g/mol. The Bertz CT molecular complexity index is 1200. The van der Waals surface area contributed by atoms with Crippen molar-refractivity contribution in [1.29, 1.82) is 0 Å². The lowest BCUT2D eigenvalue weighted by atomic mass is 10.1. The van der Waals surface area contributed by atoms with Crippen LogP contribution in [0.3, 0.4) is 0 Å². The van der Waals surface area contributed by atoms with Gasteiger partial charge in [0, 0.05) is 31.0 Å². The van der Waals surface area contributed by atoms with Gasteiger partial charge in [-0.05, 0) is 68.7 Å². The van der Waals surface area contributed by atoms with Crippen LogP contribution in [-0.2, 0) is 4.79 Å². The van der Waals surface area contributed by atoms with Crippen molar-refractivity contribution < 1.29 is 23.9 Å². The van der Waals surface area contributed by atoms with Crippen LogP contribution in [-0.4, -0.2) is 53.5 Å². The van der Waals surface area contributed by atoms with Crippen molar-refractivity contribution in [2.24, 2.45) is 0 Å². The van der Waals surface area contributed by atoms with E-state index in [1.54, 1.807) is 24.3 Å². The van der Waals surface area contributed by atoms with Crippen molar-refractivity contribution in [3.63, 3.8) is 0 Å². The SMILES string of the molecule is CCOc1cc(C(=O)NNC(=O)c2ccccc2-n2cccc2)ccc1OCC(=O)N1CCCCC1. The second kappa shape index (κ2) is 11.9. The summed E-state index contributed by atoms with van der Waals surface area (Å²) >= 11 is 0. The Morgan fingerprint density at radius 3 is 2.31 bits per heavy atom. The van der Waals surface area contributed by atoms with Crippen molar-refractivity contribution in [3.8, 4) is 17.2 Å². The number of likely N-dealkylation sites (tertiary alicyclic amines) is 1. The van der Waals surface area contributed by atoms with Crippen molar-refractivity contribution in [1.82, 2.24) is 20.3 Å². The highest BCUT2D eigenvalue weighted by Crippen LogP contribution is 2.28. The predicted octanol–water partition coefficient (Wildman–Crippen LogP) is 3.34. The highest BCUT2D eigenvalue weighted by molar-refractivity contribution is 6.01. The van der Waals surface area contributed by atoms with Gasteiger partial charge in [-0.15, -0.1) is 0 Å². The number of amides is 3. The molecule has 0 saturated carbocycles. The molecule has 2 aromatic carbocycles. The number of carbonyl (C=O) groups is 3. The Balaban J connectivity index is 1.39. The van der Waals surface area contributed by atoms with Crippen LogP contribution >= 0.6 is 0 Å². The van der Waals surface area contributed by atoms with E-state index >= 15 is 0 Å². The number of carbonyl (C=O) groups excluding carboxylic acids is 3. The molecule has 1 fully saturated rings. The quantitative estimate of drug-likeness (QED) is 0.472. The standard InChI is InChI=1S/C27H30N4O5/c1-2-35-24-18-20(12-13-23(24)36-19-25(32)31-16-6-3-7-17-31)26(33)28-29-27(34)21-10-4-5-11-22(21)30-14-8-9-15-30/h4-5,8-15,18H,2-3,6-7,16-17,19H2,1H3,(H,28,33)(H,29,34). The number of hydrazine groups is 1. The maximum atomic E-state index is 12.8. The summed E-state index contributed by atoms with van der Waals surface area (Å²) in [6.07, 6.45) is 6.83. The molecule has 1 aromatic heterocycles. The molecule has 0 bridgehead atoms. The van der Waals surface area contributed by atoms with E-state index in [0.29, 0.717) is 29.4 Å². The Morgan fingerprint density at radius 1 is 0.833 bits per heavy atom. The minimum Gasteiger partial charge on any atom is -0.490 e. The molecule has 188 valence electrons. The van der Waals surface area contributed by atoms with Crippen LogP contribution in [0.2, 0.25) is 0 Å². The number of nitrogens with one attached hydrogen (secondary N) is 2. The maximum absolute atomic E-state index is 12.8. The minimum atomic E-state index is -0.515. The molecular weight excluding hydrogens is 460 g/mol. The summed E-state index contributed by atoms with van der Waals surface area (Å²) < 4.78 is 13.2. The first-order chi connectivity index (χ1) is 17.6. The number of para-hydroxylation sites is 1. The fraction of sp³-hybridized carbons (Fsp3) is 0.296. The zero-order valence-corrected chi connectivity index (χ0v) is 20.2. The fourth-order valence-corrected chi connectivity index (χ4v) is 4.05. The molecular formula is C27H30N4O5. The van der Waals surface area contributed by atoms with Gasteiger partial charge < -0.3 is 18.9 Å². The Hall–Kier alpha value is -4.27. The molecule has 1 aliphatic heterocycles. The van der Waals surface area contributed by atoms with E-state index in [1.807, 2.05) is 53.0 Å². The van der Waals surface area contributed by atoms with Gasteiger partial charge in [-0.25, -0.2) is 0 Å². The highest BCUT2D eigenvalue weighted by atomic mass is 16.5. The van der Waals surface area contributed by atoms with Gasteiger partial charge in [0.2, 0.25) is 0 Å². The van der Waals surface area contributed by atoms with Crippen LogP contribution in [0.15, 0.2) is 67.0 Å². The molecule has 3 amide bonds. The van der Waals surface area contributed by atoms with Gasteiger partial charge in [0.05, 0.1) is 17.9 Å². The second-order valence-corrected chi connectivity index (χ2v) is 8.34. The molecule has 0 atom stereocenters. The number of ether oxygens (including phenoxy) is 2. The first kappa shape index (κ1) is 24.8. The van der Waals surface area contributed by atoms with E-state index in [0.717, 1.165) is 32.4 Å². The van der Waals surface area contributed by atoms with E-state index < -0.39 is 11.8 Å². The molecule has 0 aliphatic carbocycles. The van der Waals surface area contributed by atoms with Crippen LogP contribution in [0.4, 0.5) is 0 Å². The number of hydrogen-bond acceptors (Lipinski definition) is 5. The molecule has 1 saturated heterocycles. The first-order valence-corrected chi connectivity index (χ1v) is 12.1. The lowest BCUT2D eigenvalue weighted by Gasteiger charge is -2.26. The molecule has 3 aromatic rings. The van der Waals surface area contributed by atoms with Crippen molar-refractivity contribution >= 4 is 17.7 Å². The van der Waals surface area contributed by atoms with Gasteiger partial charge in [0.1, 0.15) is 0 Å². The molecule has 0 unspecified atom stereocenters. The second-order valence-electron chi connectivity index (χ2n) is 8.34. The largest absolute Gasteiger partial charge is 0.490 e. The predicted molar refractivity (Wildman–Crippen MR) is 134 cm³/mol. The van der Waals surface area contributed by atoms with Crippen LogP contribution in [0.5, 0.6) is 11.5 Å². The van der Waals surface area contributed by atoms with Gasteiger partial charge in [0.25, 0.3) is 17.7 Å². The first-order valence-electron chi connectivity index (χ1n) is 12.1. The summed E-state index contributed by atoms with van der Waals surface area (Å²) in [7, 11) is 0. The van der Waals surface area contributed by atoms with Crippen molar-refractivity contribution in [2.45, 2.75) is 26.2 Å². The third-order valence-electron chi connectivity index (χ3n) is 5.89. The Labute approximate surface area is 210 Å². The Morgan fingerprint density at radius 2 is 1.56 bits per heavy atom. The van der Waals surface area contributed by atoms with Gasteiger partial charge in [-0.2, -0.15) is 0 Å². The van der Waals surface area contributed by atoms with E-state index in [2.05, 4.69) is 10.9 Å². The molecule has 9 heteroatoms. The summed E-state index contributed by atoms with van der Waals surface area (Å²) in [6.45, 7) is 3.58. The summed E-state index contributed by atoms with van der Waals surface area (Å²) in [5, 5.41) is 0. The summed E-state index contributed by atoms with van der Waals surface area (Å²) in [5.41, 5.74) is 6.28. The normalized spacial score (nSPS) is 13.1. The molecule has 0 spiro atoms. The monoisotopic (exact) mass is 490 g/mol. The third-order valence-corrected chi connectivity index (χ3v) is 5.89. The van der Waals surface area contributed by atoms with Crippen LogP contribution in [0.1, 0.15) is 46.9 Å². The van der Waals surface area contributed by atoms with E-state index in [-0.39, 0.29) is 18.1 Å². The third kappa shape index (κ3) is 6.04. The average Bonchev–Trinajstić information content (AvgIpc) is 3.46. The smallest absolute Gasteiger partial charge is 0.271 e. The van der Waals surface area contributed by atoms with Crippen LogP contribution in [0.25, 0.3) is 5.69 Å². The molecule has 1 aliphatic rings. The minimum absolute atomic E-state index is 0.0677. The van der Waals surface area contributed by atoms with Crippen LogP contribution in [0, 0.1) is 0 Å². The number of nitrogens with zero attached hydrogens (tertiary/aromatic N) is 2. The molecule has 4 rings (SSSR count). The van der Waals surface area contributed by atoms with Gasteiger partial charge in [0.15, 0.2) is 18.1 Å².